The Morgan fingerprint density at radius 2 is 1.95 bits per heavy atom. The Balaban J connectivity index is 2.06. The fourth-order valence-corrected chi connectivity index (χ4v) is 1.78. The Morgan fingerprint density at radius 3 is 2.62 bits per heavy atom. The summed E-state index contributed by atoms with van der Waals surface area (Å²) in [5.74, 6) is 6.36. The predicted molar refractivity (Wildman–Crippen MR) is 76.9 cm³/mol. The van der Waals surface area contributed by atoms with Crippen LogP contribution in [0.15, 0.2) is 41.0 Å². The molecular weight excluding hydrogens is 272 g/mol. The zero-order valence-electron chi connectivity index (χ0n) is 11.8. The number of furan rings is 1. The summed E-state index contributed by atoms with van der Waals surface area (Å²) in [5, 5.41) is 0. The number of hydrazine groups is 1. The average molecular weight is 290 g/mol. The van der Waals surface area contributed by atoms with Gasteiger partial charge in [0.2, 0.25) is 0 Å². The van der Waals surface area contributed by atoms with Gasteiger partial charge < -0.3 is 13.9 Å². The molecule has 0 spiro atoms. The summed E-state index contributed by atoms with van der Waals surface area (Å²) in [6, 6.07) is 8.90. The van der Waals surface area contributed by atoms with Crippen LogP contribution in [0.1, 0.15) is 29.5 Å². The number of para-hydroxylation sites is 2. The van der Waals surface area contributed by atoms with Crippen molar-refractivity contribution in [2.24, 2.45) is 5.84 Å². The van der Waals surface area contributed by atoms with Crippen molar-refractivity contribution < 1.29 is 18.7 Å². The van der Waals surface area contributed by atoms with Crippen LogP contribution in [0.4, 0.5) is 0 Å². The summed E-state index contributed by atoms with van der Waals surface area (Å²) in [5.41, 5.74) is 2.42. The van der Waals surface area contributed by atoms with Crippen molar-refractivity contribution in [1.82, 2.24) is 5.43 Å². The van der Waals surface area contributed by atoms with Crippen LogP contribution in [-0.2, 0) is 6.61 Å². The van der Waals surface area contributed by atoms with Crippen molar-refractivity contribution in [3.05, 3.63) is 47.9 Å². The maximum Gasteiger partial charge on any atom is 0.268 e. The Morgan fingerprint density at radius 1 is 1.24 bits per heavy atom. The number of benzene rings is 1. The molecule has 0 atom stereocenters. The number of nitrogen functional groups attached to an aromatic ring is 1. The van der Waals surface area contributed by atoms with Crippen molar-refractivity contribution in [3.8, 4) is 11.5 Å². The molecule has 3 N–H and O–H groups in total. The molecule has 0 saturated carbocycles. The first-order valence-electron chi connectivity index (χ1n) is 6.68. The van der Waals surface area contributed by atoms with Gasteiger partial charge in [-0.05, 0) is 24.6 Å². The van der Waals surface area contributed by atoms with Crippen molar-refractivity contribution in [2.45, 2.75) is 20.0 Å². The Labute approximate surface area is 122 Å². The van der Waals surface area contributed by atoms with E-state index in [1.54, 1.807) is 12.1 Å². The average Bonchev–Trinajstić information content (AvgIpc) is 2.99. The van der Waals surface area contributed by atoms with Crippen LogP contribution in [0.3, 0.4) is 0 Å². The number of ether oxygens (including phenoxy) is 2. The SMILES string of the molecule is CCCOc1ccccc1OCc1occc1C(=O)NN. The third-order valence-corrected chi connectivity index (χ3v) is 2.79. The lowest BCUT2D eigenvalue weighted by Crippen LogP contribution is -2.30. The molecule has 0 aliphatic carbocycles. The standard InChI is InChI=1S/C15H18N2O4/c1-2-8-19-12-5-3-4-6-13(12)21-10-14-11(7-9-20-14)15(18)17-16/h3-7,9H,2,8,10,16H2,1H3,(H,17,18). The lowest BCUT2D eigenvalue weighted by Gasteiger charge is -2.11. The number of nitrogens with one attached hydrogen (secondary N) is 1. The van der Waals surface area contributed by atoms with Gasteiger partial charge in [0.1, 0.15) is 6.61 Å². The molecule has 1 aromatic carbocycles. The monoisotopic (exact) mass is 290 g/mol. The maximum absolute atomic E-state index is 11.5. The van der Waals surface area contributed by atoms with Gasteiger partial charge in [-0.1, -0.05) is 19.1 Å². The number of hydrogen-bond donors (Lipinski definition) is 2. The second-order valence-corrected chi connectivity index (χ2v) is 4.31. The lowest BCUT2D eigenvalue weighted by atomic mass is 10.2. The fourth-order valence-electron chi connectivity index (χ4n) is 1.78. The van der Waals surface area contributed by atoms with Crippen LogP contribution in [0, 0.1) is 0 Å². The highest BCUT2D eigenvalue weighted by Gasteiger charge is 2.15. The highest BCUT2D eigenvalue weighted by atomic mass is 16.5. The molecule has 0 bridgehead atoms. The number of rotatable bonds is 7. The highest BCUT2D eigenvalue weighted by molar-refractivity contribution is 5.94. The van der Waals surface area contributed by atoms with Crippen LogP contribution >= 0.6 is 0 Å². The molecule has 1 aromatic heterocycles. The number of amides is 1. The van der Waals surface area contributed by atoms with E-state index in [0.29, 0.717) is 29.4 Å². The summed E-state index contributed by atoms with van der Waals surface area (Å²) >= 11 is 0. The normalized spacial score (nSPS) is 10.2. The zero-order chi connectivity index (χ0) is 15.1. The van der Waals surface area contributed by atoms with E-state index < -0.39 is 5.91 Å². The van der Waals surface area contributed by atoms with E-state index in [1.165, 1.54) is 6.26 Å². The molecule has 21 heavy (non-hydrogen) atoms. The van der Waals surface area contributed by atoms with Crippen LogP contribution < -0.4 is 20.7 Å². The fraction of sp³-hybridized carbons (Fsp3) is 0.267. The minimum atomic E-state index is -0.419. The van der Waals surface area contributed by atoms with Gasteiger partial charge in [-0.15, -0.1) is 0 Å². The third kappa shape index (κ3) is 3.76. The van der Waals surface area contributed by atoms with Crippen LogP contribution in [0.25, 0.3) is 0 Å². The molecule has 112 valence electrons. The molecule has 0 unspecified atom stereocenters. The van der Waals surface area contributed by atoms with Gasteiger partial charge in [0.25, 0.3) is 5.91 Å². The van der Waals surface area contributed by atoms with Crippen LogP contribution in [0.5, 0.6) is 11.5 Å². The van der Waals surface area contributed by atoms with E-state index >= 15 is 0 Å². The highest BCUT2D eigenvalue weighted by Crippen LogP contribution is 2.27. The van der Waals surface area contributed by atoms with Gasteiger partial charge in [-0.25, -0.2) is 5.84 Å². The molecule has 1 amide bonds. The van der Waals surface area contributed by atoms with Gasteiger partial charge >= 0.3 is 0 Å². The summed E-state index contributed by atoms with van der Waals surface area (Å²) in [7, 11) is 0. The summed E-state index contributed by atoms with van der Waals surface area (Å²) in [6.45, 7) is 2.76. The summed E-state index contributed by atoms with van der Waals surface area (Å²) < 4.78 is 16.5. The Kier molecular flexibility index (Phi) is 5.22. The van der Waals surface area contributed by atoms with E-state index in [9.17, 15) is 4.79 Å². The van der Waals surface area contributed by atoms with E-state index in [2.05, 4.69) is 5.43 Å². The largest absolute Gasteiger partial charge is 0.490 e. The number of carbonyl (C=O) groups is 1. The molecule has 2 aromatic rings. The maximum atomic E-state index is 11.5. The predicted octanol–water partition coefficient (Wildman–Crippen LogP) is 2.25. The number of nitrogens with two attached hydrogens (primary N) is 1. The Hall–Kier alpha value is -2.47. The van der Waals surface area contributed by atoms with Crippen molar-refractivity contribution >= 4 is 5.91 Å². The number of carbonyl (C=O) groups excluding carboxylic acids is 1. The van der Waals surface area contributed by atoms with Crippen molar-refractivity contribution in [2.75, 3.05) is 6.61 Å². The van der Waals surface area contributed by atoms with Crippen LogP contribution in [0.2, 0.25) is 0 Å². The van der Waals surface area contributed by atoms with Crippen molar-refractivity contribution in [1.29, 1.82) is 0 Å². The molecule has 6 heteroatoms. The molecule has 0 aliphatic rings. The van der Waals surface area contributed by atoms with E-state index in [1.807, 2.05) is 25.1 Å². The molecule has 2 rings (SSSR count). The quantitative estimate of drug-likeness (QED) is 0.464. The first-order valence-corrected chi connectivity index (χ1v) is 6.68. The first kappa shape index (κ1) is 14.9. The Bertz CT molecular complexity index is 595. The topological polar surface area (TPSA) is 86.7 Å². The second-order valence-electron chi connectivity index (χ2n) is 4.31. The molecular formula is C15H18N2O4. The van der Waals surface area contributed by atoms with E-state index in [-0.39, 0.29) is 6.61 Å². The van der Waals surface area contributed by atoms with E-state index in [4.69, 9.17) is 19.7 Å². The van der Waals surface area contributed by atoms with Gasteiger partial charge in [-0.2, -0.15) is 0 Å². The van der Waals surface area contributed by atoms with Crippen LogP contribution in [-0.4, -0.2) is 12.5 Å². The molecule has 6 nitrogen and oxygen atoms in total. The van der Waals surface area contributed by atoms with Crippen molar-refractivity contribution in [3.63, 3.8) is 0 Å². The smallest absolute Gasteiger partial charge is 0.268 e. The molecule has 0 radical (unpaired) electrons. The van der Waals surface area contributed by atoms with Gasteiger partial charge in [0.15, 0.2) is 17.3 Å². The zero-order valence-corrected chi connectivity index (χ0v) is 11.8. The minimum absolute atomic E-state index is 0.113. The minimum Gasteiger partial charge on any atom is -0.490 e. The molecule has 1 heterocycles. The summed E-state index contributed by atoms with van der Waals surface area (Å²) in [4.78, 5) is 11.5. The van der Waals surface area contributed by atoms with Gasteiger partial charge in [0, 0.05) is 0 Å². The lowest BCUT2D eigenvalue weighted by molar-refractivity contribution is 0.0949. The van der Waals surface area contributed by atoms with Gasteiger partial charge in [0.05, 0.1) is 18.4 Å². The first-order chi connectivity index (χ1) is 10.3. The summed E-state index contributed by atoms with van der Waals surface area (Å²) in [6.07, 6.45) is 2.33. The number of hydrogen-bond acceptors (Lipinski definition) is 5. The molecule has 0 aliphatic heterocycles. The third-order valence-electron chi connectivity index (χ3n) is 2.79. The molecule has 0 fully saturated rings. The van der Waals surface area contributed by atoms with E-state index in [0.717, 1.165) is 6.42 Å². The molecule has 0 saturated heterocycles. The van der Waals surface area contributed by atoms with Gasteiger partial charge in [-0.3, -0.25) is 10.2 Å². The second kappa shape index (κ2) is 7.35.